The summed E-state index contributed by atoms with van der Waals surface area (Å²) in [7, 11) is -2.16. The van der Waals surface area contributed by atoms with Crippen LogP contribution in [-0.2, 0) is 10.0 Å². The van der Waals surface area contributed by atoms with Crippen molar-refractivity contribution in [2.75, 3.05) is 17.5 Å². The average Bonchev–Trinajstić information content (AvgIpc) is 3.57. The minimum atomic E-state index is -3.67. The predicted molar refractivity (Wildman–Crippen MR) is 167 cm³/mol. The van der Waals surface area contributed by atoms with Gasteiger partial charge in [0.25, 0.3) is 5.91 Å². The maximum absolute atomic E-state index is 13.7. The van der Waals surface area contributed by atoms with Crippen LogP contribution in [0.4, 0.5) is 10.1 Å². The first-order valence-electron chi connectivity index (χ1n) is 12.9. The van der Waals surface area contributed by atoms with Crippen LogP contribution in [-0.4, -0.2) is 32.1 Å². The molecule has 42 heavy (non-hydrogen) atoms. The van der Waals surface area contributed by atoms with E-state index in [-0.39, 0.29) is 17.1 Å². The lowest BCUT2D eigenvalue weighted by molar-refractivity contribution is 0.0964. The van der Waals surface area contributed by atoms with Crippen molar-refractivity contribution in [3.05, 3.63) is 95.3 Å². The Hall–Kier alpha value is -4.25. The van der Waals surface area contributed by atoms with Crippen LogP contribution in [0.15, 0.2) is 83.3 Å². The van der Waals surface area contributed by atoms with Gasteiger partial charge in [0, 0.05) is 40.2 Å². The van der Waals surface area contributed by atoms with Crippen LogP contribution in [0.3, 0.4) is 0 Å². The number of anilines is 1. The summed E-state index contributed by atoms with van der Waals surface area (Å²) in [6.07, 6.45) is 0. The summed E-state index contributed by atoms with van der Waals surface area (Å²) in [6, 6.07) is 22.0. The molecule has 1 amide bonds. The van der Waals surface area contributed by atoms with Gasteiger partial charge in [-0.05, 0) is 67.1 Å². The van der Waals surface area contributed by atoms with Crippen molar-refractivity contribution in [1.29, 1.82) is 0 Å². The van der Waals surface area contributed by atoms with Crippen LogP contribution >= 0.6 is 22.9 Å². The van der Waals surface area contributed by atoms with E-state index in [4.69, 9.17) is 21.0 Å². The van der Waals surface area contributed by atoms with E-state index in [9.17, 15) is 17.6 Å². The van der Waals surface area contributed by atoms with Crippen molar-refractivity contribution in [3.63, 3.8) is 0 Å². The maximum Gasteiger partial charge on any atom is 0.255 e. The number of aromatic nitrogens is 1. The maximum atomic E-state index is 13.7. The fourth-order valence-corrected chi connectivity index (χ4v) is 6.46. The summed E-state index contributed by atoms with van der Waals surface area (Å²) in [5, 5.41) is 4.50. The first kappa shape index (κ1) is 27.9. The van der Waals surface area contributed by atoms with Gasteiger partial charge < -0.3 is 9.73 Å². The molecular formula is C31H23ClFN3O4S2. The first-order valence-corrected chi connectivity index (χ1v) is 15.8. The average molecular weight is 620 g/mol. The lowest BCUT2D eigenvalue weighted by Gasteiger charge is -2.13. The highest BCUT2D eigenvalue weighted by atomic mass is 35.5. The Morgan fingerprint density at radius 3 is 2.50 bits per heavy atom. The molecule has 0 atom stereocenters. The Labute approximate surface area is 250 Å². The summed E-state index contributed by atoms with van der Waals surface area (Å²) < 4.78 is 48.9. The largest absolute Gasteiger partial charge is 0.455 e. The van der Waals surface area contributed by atoms with Crippen LogP contribution in [0.25, 0.3) is 54.2 Å². The molecule has 7 nitrogen and oxygen atoms in total. The molecule has 0 aliphatic carbocycles. The summed E-state index contributed by atoms with van der Waals surface area (Å²) in [6.45, 7) is 1.55. The van der Waals surface area contributed by atoms with Crippen LogP contribution < -0.4 is 10.0 Å². The van der Waals surface area contributed by atoms with Gasteiger partial charge in [0.2, 0.25) is 10.0 Å². The number of thiazole rings is 1. The molecule has 212 valence electrons. The van der Waals surface area contributed by atoms with Gasteiger partial charge in [0.05, 0.1) is 27.2 Å². The standard InChI is InChI=1S/C31H23ClFN3O4S2/c1-3-42(38,39)36-24-16-26-23(28(30(37)34-2)29(40-26)17-7-10-21(33)11-8-17)15-22(24)18-5-4-6-19(13-18)31-35-25-14-20(32)9-12-27(25)41-31/h4-16,36H,3H2,1-2H3,(H,34,37). The van der Waals surface area contributed by atoms with Crippen molar-refractivity contribution >= 4 is 65.7 Å². The molecule has 0 aliphatic heterocycles. The molecule has 0 saturated carbocycles. The molecule has 0 radical (unpaired) electrons. The molecule has 0 spiro atoms. The molecule has 2 N–H and O–H groups in total. The Balaban J connectivity index is 1.57. The van der Waals surface area contributed by atoms with Crippen LogP contribution in [0.2, 0.25) is 5.02 Å². The molecule has 6 aromatic rings. The second-order valence-corrected chi connectivity index (χ2v) is 13.0. The molecule has 0 bridgehead atoms. The van der Waals surface area contributed by atoms with E-state index >= 15 is 0 Å². The minimum absolute atomic E-state index is 0.138. The molecule has 2 aromatic heterocycles. The number of nitrogens with zero attached hydrogens (tertiary/aromatic N) is 1. The summed E-state index contributed by atoms with van der Waals surface area (Å²) in [4.78, 5) is 17.9. The molecule has 0 fully saturated rings. The Morgan fingerprint density at radius 1 is 1.00 bits per heavy atom. The van der Waals surface area contributed by atoms with Crippen LogP contribution in [0, 0.1) is 5.82 Å². The SMILES string of the molecule is CCS(=O)(=O)Nc1cc2oc(-c3ccc(F)cc3)c(C(=O)NC)c2cc1-c1cccc(-c2nc3cc(Cl)ccc3s2)c1. The molecule has 0 aliphatic rings. The summed E-state index contributed by atoms with van der Waals surface area (Å²) >= 11 is 7.68. The lowest BCUT2D eigenvalue weighted by atomic mass is 9.97. The fourth-order valence-electron chi connectivity index (χ4n) is 4.70. The van der Waals surface area contributed by atoms with Gasteiger partial charge in [-0.15, -0.1) is 11.3 Å². The molecule has 0 saturated heterocycles. The number of sulfonamides is 1. The Bertz CT molecular complexity index is 2100. The van der Waals surface area contributed by atoms with Gasteiger partial charge in [-0.1, -0.05) is 29.8 Å². The zero-order valence-electron chi connectivity index (χ0n) is 22.4. The number of carbonyl (C=O) groups excluding carboxylic acids is 1. The van der Waals surface area contributed by atoms with Gasteiger partial charge in [0.1, 0.15) is 22.2 Å². The Morgan fingerprint density at radius 2 is 1.76 bits per heavy atom. The van der Waals surface area contributed by atoms with Crippen LogP contribution in [0.5, 0.6) is 0 Å². The van der Waals surface area contributed by atoms with E-state index in [0.29, 0.717) is 38.4 Å². The van der Waals surface area contributed by atoms with Crippen LogP contribution in [0.1, 0.15) is 17.3 Å². The second kappa shape index (κ2) is 10.9. The quantitative estimate of drug-likeness (QED) is 0.189. The van der Waals surface area contributed by atoms with E-state index in [1.54, 1.807) is 19.1 Å². The number of carbonyl (C=O) groups is 1. The van der Waals surface area contributed by atoms with Gasteiger partial charge in [0.15, 0.2) is 0 Å². The third-order valence-corrected chi connectivity index (χ3v) is 9.42. The number of rotatable bonds is 7. The fraction of sp³-hybridized carbons (Fsp3) is 0.0968. The third-order valence-electron chi connectivity index (χ3n) is 6.80. The van der Waals surface area contributed by atoms with Crippen molar-refractivity contribution in [1.82, 2.24) is 10.3 Å². The minimum Gasteiger partial charge on any atom is -0.455 e. The highest BCUT2D eigenvalue weighted by Gasteiger charge is 2.24. The third kappa shape index (κ3) is 5.24. The first-order chi connectivity index (χ1) is 20.2. The highest BCUT2D eigenvalue weighted by molar-refractivity contribution is 7.92. The number of hydrogen-bond acceptors (Lipinski definition) is 6. The Kier molecular flexibility index (Phi) is 7.22. The van der Waals surface area contributed by atoms with Crippen molar-refractivity contribution in [2.45, 2.75) is 6.92 Å². The summed E-state index contributed by atoms with van der Waals surface area (Å²) in [5.41, 5.74) is 4.21. The molecule has 11 heteroatoms. The smallest absolute Gasteiger partial charge is 0.255 e. The number of hydrogen-bond donors (Lipinski definition) is 2. The van der Waals surface area contributed by atoms with E-state index < -0.39 is 21.7 Å². The molecule has 4 aromatic carbocycles. The second-order valence-electron chi connectivity index (χ2n) is 9.50. The summed E-state index contributed by atoms with van der Waals surface area (Å²) in [5.74, 6) is -0.720. The zero-order chi connectivity index (χ0) is 29.6. The molecule has 0 unspecified atom stereocenters. The van der Waals surface area contributed by atoms with E-state index in [2.05, 4.69) is 10.0 Å². The van der Waals surface area contributed by atoms with Crippen molar-refractivity contribution in [3.8, 4) is 33.0 Å². The van der Waals surface area contributed by atoms with Gasteiger partial charge in [-0.2, -0.15) is 0 Å². The number of benzene rings is 4. The number of fused-ring (bicyclic) bond motifs is 2. The van der Waals surface area contributed by atoms with E-state index in [1.165, 1.54) is 42.6 Å². The van der Waals surface area contributed by atoms with E-state index in [1.807, 2.05) is 42.5 Å². The number of nitrogens with one attached hydrogen (secondary N) is 2. The van der Waals surface area contributed by atoms with Crippen molar-refractivity contribution < 1.29 is 22.0 Å². The number of furan rings is 1. The predicted octanol–water partition coefficient (Wildman–Crippen LogP) is 7.96. The number of halogens is 2. The van der Waals surface area contributed by atoms with Gasteiger partial charge in [-0.25, -0.2) is 17.8 Å². The topological polar surface area (TPSA) is 101 Å². The zero-order valence-corrected chi connectivity index (χ0v) is 24.8. The van der Waals surface area contributed by atoms with E-state index in [0.717, 1.165) is 20.8 Å². The number of amides is 1. The monoisotopic (exact) mass is 619 g/mol. The normalized spacial score (nSPS) is 11.7. The van der Waals surface area contributed by atoms with Gasteiger partial charge >= 0.3 is 0 Å². The molecular weight excluding hydrogens is 597 g/mol. The molecule has 2 heterocycles. The molecule has 6 rings (SSSR count). The van der Waals surface area contributed by atoms with Crippen molar-refractivity contribution in [2.24, 2.45) is 0 Å². The highest BCUT2D eigenvalue weighted by Crippen LogP contribution is 2.41. The lowest BCUT2D eigenvalue weighted by Crippen LogP contribution is -2.18. The van der Waals surface area contributed by atoms with Gasteiger partial charge in [-0.3, -0.25) is 9.52 Å².